The van der Waals surface area contributed by atoms with Crippen molar-refractivity contribution in [2.75, 3.05) is 33.3 Å². The predicted octanol–water partition coefficient (Wildman–Crippen LogP) is 3.49. The summed E-state index contributed by atoms with van der Waals surface area (Å²) in [6.07, 6.45) is 1.50. The molecule has 2 amide bonds. The number of nitrogens with zero attached hydrogens (tertiary/aromatic N) is 1. The van der Waals surface area contributed by atoms with E-state index in [0.717, 1.165) is 5.56 Å². The average Bonchev–Trinajstić information content (AvgIpc) is 2.88. The molecular formula is C25H25N3O6. The van der Waals surface area contributed by atoms with Crippen molar-refractivity contribution in [3.63, 3.8) is 0 Å². The monoisotopic (exact) mass is 463 g/mol. The highest BCUT2D eigenvalue weighted by Crippen LogP contribution is 2.27. The van der Waals surface area contributed by atoms with Crippen LogP contribution in [-0.4, -0.2) is 46.0 Å². The van der Waals surface area contributed by atoms with E-state index < -0.39 is 0 Å². The van der Waals surface area contributed by atoms with Crippen LogP contribution in [0.5, 0.6) is 23.0 Å². The van der Waals surface area contributed by atoms with E-state index in [4.69, 9.17) is 18.9 Å². The number of methoxy groups -OCH3 is 3. The summed E-state index contributed by atoms with van der Waals surface area (Å²) in [4.78, 5) is 24.3. The quantitative estimate of drug-likeness (QED) is 0.352. The number of nitrogens with one attached hydrogen (secondary N) is 2. The SMILES string of the molecule is COc1ccc(NC(=O)COc2ccc(/C=N/NC(=O)c3ccc(OC)c(OC)c3)cc2)cc1. The van der Waals surface area contributed by atoms with Crippen LogP contribution in [-0.2, 0) is 4.79 Å². The molecule has 0 heterocycles. The van der Waals surface area contributed by atoms with Gasteiger partial charge in [0.2, 0.25) is 0 Å². The highest BCUT2D eigenvalue weighted by molar-refractivity contribution is 5.95. The number of carbonyl (C=O) groups is 2. The molecule has 0 unspecified atom stereocenters. The molecule has 0 saturated carbocycles. The lowest BCUT2D eigenvalue weighted by Gasteiger charge is -2.09. The van der Waals surface area contributed by atoms with Gasteiger partial charge in [0.25, 0.3) is 11.8 Å². The molecule has 0 radical (unpaired) electrons. The minimum absolute atomic E-state index is 0.138. The van der Waals surface area contributed by atoms with Gasteiger partial charge in [0, 0.05) is 11.3 Å². The van der Waals surface area contributed by atoms with Crippen molar-refractivity contribution in [3.05, 3.63) is 77.9 Å². The van der Waals surface area contributed by atoms with Crippen LogP contribution in [0.4, 0.5) is 5.69 Å². The third kappa shape index (κ3) is 6.73. The first-order valence-corrected chi connectivity index (χ1v) is 10.2. The summed E-state index contributed by atoms with van der Waals surface area (Å²) in [5.41, 5.74) is 4.23. The predicted molar refractivity (Wildman–Crippen MR) is 128 cm³/mol. The van der Waals surface area contributed by atoms with E-state index in [9.17, 15) is 9.59 Å². The van der Waals surface area contributed by atoms with Crippen LogP contribution in [0.2, 0.25) is 0 Å². The van der Waals surface area contributed by atoms with Gasteiger partial charge in [0.05, 0.1) is 27.5 Å². The number of anilines is 1. The van der Waals surface area contributed by atoms with Crippen LogP contribution in [0.25, 0.3) is 0 Å². The van der Waals surface area contributed by atoms with Gasteiger partial charge in [0.15, 0.2) is 18.1 Å². The number of hydrazone groups is 1. The van der Waals surface area contributed by atoms with Crippen LogP contribution < -0.4 is 29.7 Å². The standard InChI is InChI=1S/C25H25N3O6/c1-31-20-11-7-19(8-12-20)27-24(29)16-34-21-9-4-17(5-10-21)15-26-28-25(30)18-6-13-22(32-2)23(14-18)33-3/h4-15H,16H2,1-3H3,(H,27,29)(H,28,30)/b26-15+. The molecule has 3 rings (SSSR count). The Labute approximate surface area is 197 Å². The molecule has 0 aliphatic carbocycles. The molecule has 3 aromatic carbocycles. The Bertz CT molecular complexity index is 1140. The van der Waals surface area contributed by atoms with Gasteiger partial charge in [-0.1, -0.05) is 0 Å². The fraction of sp³-hybridized carbons (Fsp3) is 0.160. The summed E-state index contributed by atoms with van der Waals surface area (Å²) in [7, 11) is 4.60. The van der Waals surface area contributed by atoms with Crippen LogP contribution in [0.3, 0.4) is 0 Å². The molecule has 9 heteroatoms. The van der Waals surface area contributed by atoms with Crippen LogP contribution >= 0.6 is 0 Å². The zero-order chi connectivity index (χ0) is 24.3. The molecule has 2 N–H and O–H groups in total. The molecule has 0 fully saturated rings. The van der Waals surface area contributed by atoms with Gasteiger partial charge in [-0.2, -0.15) is 5.10 Å². The third-order valence-electron chi connectivity index (χ3n) is 4.65. The lowest BCUT2D eigenvalue weighted by atomic mass is 10.2. The van der Waals surface area contributed by atoms with Crippen molar-refractivity contribution in [2.45, 2.75) is 0 Å². The summed E-state index contributed by atoms with van der Waals surface area (Å²) in [6, 6.07) is 18.8. The van der Waals surface area contributed by atoms with Gasteiger partial charge >= 0.3 is 0 Å². The van der Waals surface area contributed by atoms with Gasteiger partial charge < -0.3 is 24.3 Å². The van der Waals surface area contributed by atoms with E-state index in [2.05, 4.69) is 15.8 Å². The number of benzene rings is 3. The van der Waals surface area contributed by atoms with Crippen LogP contribution in [0.15, 0.2) is 71.8 Å². The number of hydrogen-bond donors (Lipinski definition) is 2. The summed E-state index contributed by atoms with van der Waals surface area (Å²) < 4.78 is 21.0. The largest absolute Gasteiger partial charge is 0.497 e. The Hall–Kier alpha value is -4.53. The van der Waals surface area contributed by atoms with Crippen molar-refractivity contribution >= 4 is 23.7 Å². The molecule has 3 aromatic rings. The Balaban J connectivity index is 1.47. The first kappa shape index (κ1) is 24.1. The molecular weight excluding hydrogens is 438 g/mol. The zero-order valence-corrected chi connectivity index (χ0v) is 19.0. The van der Waals surface area contributed by atoms with Gasteiger partial charge in [0.1, 0.15) is 11.5 Å². The maximum Gasteiger partial charge on any atom is 0.271 e. The van der Waals surface area contributed by atoms with E-state index >= 15 is 0 Å². The number of amides is 2. The molecule has 0 aliphatic heterocycles. The number of rotatable bonds is 10. The van der Waals surface area contributed by atoms with Crippen LogP contribution in [0.1, 0.15) is 15.9 Å². The van der Waals surface area contributed by atoms with Crippen molar-refractivity contribution in [1.82, 2.24) is 5.43 Å². The summed E-state index contributed by atoms with van der Waals surface area (Å²) in [6.45, 7) is -0.138. The molecule has 176 valence electrons. The smallest absolute Gasteiger partial charge is 0.271 e. The number of carbonyl (C=O) groups excluding carboxylic acids is 2. The molecule has 0 spiro atoms. The van der Waals surface area contributed by atoms with Gasteiger partial charge in [-0.05, 0) is 72.3 Å². The first-order valence-electron chi connectivity index (χ1n) is 10.2. The Morgan fingerprint density at radius 2 is 1.50 bits per heavy atom. The maximum atomic E-state index is 12.3. The molecule has 0 saturated heterocycles. The summed E-state index contributed by atoms with van der Waals surface area (Å²) in [5, 5.41) is 6.71. The fourth-order valence-electron chi connectivity index (χ4n) is 2.88. The fourth-order valence-corrected chi connectivity index (χ4v) is 2.88. The second kappa shape index (κ2) is 11.9. The maximum absolute atomic E-state index is 12.3. The normalized spacial score (nSPS) is 10.4. The topological polar surface area (TPSA) is 107 Å². The minimum Gasteiger partial charge on any atom is -0.497 e. The van der Waals surface area contributed by atoms with E-state index in [1.54, 1.807) is 73.8 Å². The van der Waals surface area contributed by atoms with Gasteiger partial charge in [-0.25, -0.2) is 5.43 Å². The molecule has 9 nitrogen and oxygen atoms in total. The van der Waals surface area contributed by atoms with E-state index in [1.165, 1.54) is 20.4 Å². The number of hydrogen-bond acceptors (Lipinski definition) is 7. The van der Waals surface area contributed by atoms with E-state index in [0.29, 0.717) is 34.2 Å². The molecule has 0 aromatic heterocycles. The zero-order valence-electron chi connectivity index (χ0n) is 19.0. The second-order valence-electron chi connectivity index (χ2n) is 6.90. The van der Waals surface area contributed by atoms with Gasteiger partial charge in [-0.15, -0.1) is 0 Å². The van der Waals surface area contributed by atoms with Crippen molar-refractivity contribution in [1.29, 1.82) is 0 Å². The lowest BCUT2D eigenvalue weighted by molar-refractivity contribution is -0.118. The Morgan fingerprint density at radius 1 is 0.824 bits per heavy atom. The molecule has 0 aliphatic rings. The third-order valence-corrected chi connectivity index (χ3v) is 4.65. The highest BCUT2D eigenvalue weighted by atomic mass is 16.5. The van der Waals surface area contributed by atoms with Crippen LogP contribution in [0, 0.1) is 0 Å². The van der Waals surface area contributed by atoms with Gasteiger partial charge in [-0.3, -0.25) is 9.59 Å². The highest BCUT2D eigenvalue weighted by Gasteiger charge is 2.10. The first-order chi connectivity index (χ1) is 16.5. The second-order valence-corrected chi connectivity index (χ2v) is 6.90. The minimum atomic E-state index is -0.389. The molecule has 0 bridgehead atoms. The average molecular weight is 463 g/mol. The van der Waals surface area contributed by atoms with E-state index in [1.807, 2.05) is 0 Å². The van der Waals surface area contributed by atoms with Crippen molar-refractivity contribution in [3.8, 4) is 23.0 Å². The van der Waals surface area contributed by atoms with Crippen molar-refractivity contribution in [2.24, 2.45) is 5.10 Å². The van der Waals surface area contributed by atoms with Crippen molar-refractivity contribution < 1.29 is 28.5 Å². The summed E-state index contributed by atoms with van der Waals surface area (Å²) in [5.74, 6) is 1.54. The Kier molecular flexibility index (Phi) is 8.45. The molecule has 34 heavy (non-hydrogen) atoms. The van der Waals surface area contributed by atoms with E-state index in [-0.39, 0.29) is 18.4 Å². The summed E-state index contributed by atoms with van der Waals surface area (Å²) >= 11 is 0. The Morgan fingerprint density at radius 3 is 2.15 bits per heavy atom. The number of ether oxygens (including phenoxy) is 4. The molecule has 0 atom stereocenters. The lowest BCUT2D eigenvalue weighted by Crippen LogP contribution is -2.20.